The van der Waals surface area contributed by atoms with Gasteiger partial charge < -0.3 is 10.1 Å². The summed E-state index contributed by atoms with van der Waals surface area (Å²) in [7, 11) is -0.851. The minimum absolute atomic E-state index is 0.0189. The average molecular weight is 402 g/mol. The molecule has 1 aliphatic rings. The Bertz CT molecular complexity index is 1020. The number of nitrogens with zero attached hydrogens (tertiary/aromatic N) is 1. The lowest BCUT2D eigenvalue weighted by Crippen LogP contribution is -2.23. The number of amides is 1. The van der Waals surface area contributed by atoms with Crippen LogP contribution in [0.1, 0.15) is 27.9 Å². The first-order chi connectivity index (χ1) is 13.3. The number of ether oxygens (including phenoxy) is 1. The van der Waals surface area contributed by atoms with E-state index < -0.39 is 28.5 Å². The first-order valence-corrected chi connectivity index (χ1v) is 10.3. The minimum Gasteiger partial charge on any atom is -0.452 e. The van der Waals surface area contributed by atoms with E-state index in [1.165, 1.54) is 49.5 Å². The number of esters is 1. The second-order valence-electron chi connectivity index (χ2n) is 6.78. The smallest absolute Gasteiger partial charge is 0.338 e. The van der Waals surface area contributed by atoms with E-state index in [4.69, 9.17) is 4.74 Å². The van der Waals surface area contributed by atoms with Gasteiger partial charge in [-0.1, -0.05) is 12.1 Å². The Hall–Kier alpha value is -2.71. The molecule has 28 heavy (non-hydrogen) atoms. The molecular weight excluding hydrogens is 380 g/mol. The van der Waals surface area contributed by atoms with Crippen LogP contribution in [0.5, 0.6) is 0 Å². The number of nitrogens with one attached hydrogen (secondary N) is 1. The van der Waals surface area contributed by atoms with Crippen LogP contribution in [0.3, 0.4) is 0 Å². The number of carbonyl (C=O) groups is 2. The molecular formula is C20H22N2O5S. The Labute approximate surface area is 164 Å². The van der Waals surface area contributed by atoms with E-state index in [9.17, 15) is 18.0 Å². The fourth-order valence-electron chi connectivity index (χ4n) is 3.06. The Kier molecular flexibility index (Phi) is 5.81. The molecule has 7 nitrogen and oxygen atoms in total. The minimum atomic E-state index is -3.66. The van der Waals surface area contributed by atoms with Gasteiger partial charge in [-0.05, 0) is 60.7 Å². The van der Waals surface area contributed by atoms with Gasteiger partial charge in [0.05, 0.1) is 10.5 Å². The Morgan fingerprint density at radius 3 is 2.57 bits per heavy atom. The molecule has 3 rings (SSSR count). The predicted molar refractivity (Wildman–Crippen MR) is 105 cm³/mol. The third kappa shape index (κ3) is 4.40. The molecule has 0 fully saturated rings. The number of anilines is 1. The maximum atomic E-state index is 12.2. The van der Waals surface area contributed by atoms with Crippen molar-refractivity contribution in [2.45, 2.75) is 24.2 Å². The van der Waals surface area contributed by atoms with Crippen molar-refractivity contribution in [1.29, 1.82) is 0 Å². The molecule has 0 saturated heterocycles. The topological polar surface area (TPSA) is 92.8 Å². The quantitative estimate of drug-likeness (QED) is 0.748. The Balaban J connectivity index is 1.60. The number of hydrogen-bond donors (Lipinski definition) is 1. The molecule has 1 N–H and O–H groups in total. The van der Waals surface area contributed by atoms with Gasteiger partial charge in [0.15, 0.2) is 6.61 Å². The third-order valence-corrected chi connectivity index (χ3v) is 6.38. The first-order valence-electron chi connectivity index (χ1n) is 8.89. The summed E-state index contributed by atoms with van der Waals surface area (Å²) in [5.41, 5.74) is 3.26. The van der Waals surface area contributed by atoms with Crippen LogP contribution in [0.2, 0.25) is 0 Å². The first kappa shape index (κ1) is 20.0. The fourth-order valence-corrected chi connectivity index (χ4v) is 4.00. The summed E-state index contributed by atoms with van der Waals surface area (Å²) >= 11 is 0. The highest BCUT2D eigenvalue weighted by Gasteiger charge is 2.19. The number of carbonyl (C=O) groups excluding carboxylic acids is 2. The van der Waals surface area contributed by atoms with Crippen molar-refractivity contribution < 1.29 is 22.7 Å². The molecule has 0 aliphatic heterocycles. The molecule has 0 atom stereocenters. The van der Waals surface area contributed by atoms with Gasteiger partial charge >= 0.3 is 5.97 Å². The lowest BCUT2D eigenvalue weighted by atomic mass is 10.1. The Morgan fingerprint density at radius 2 is 1.82 bits per heavy atom. The molecule has 0 heterocycles. The molecule has 1 aliphatic carbocycles. The third-order valence-electron chi connectivity index (χ3n) is 4.56. The van der Waals surface area contributed by atoms with Crippen LogP contribution < -0.4 is 5.32 Å². The number of fused-ring (bicyclic) bond motifs is 1. The predicted octanol–water partition coefficient (Wildman–Crippen LogP) is 2.22. The molecule has 0 saturated carbocycles. The van der Waals surface area contributed by atoms with Crippen LogP contribution in [0, 0.1) is 0 Å². The number of benzene rings is 2. The zero-order chi connectivity index (χ0) is 20.3. The van der Waals surface area contributed by atoms with Crippen LogP contribution >= 0.6 is 0 Å². The normalized spacial score (nSPS) is 13.2. The molecule has 1 amide bonds. The van der Waals surface area contributed by atoms with Crippen LogP contribution in [-0.4, -0.2) is 45.3 Å². The van der Waals surface area contributed by atoms with E-state index in [1.807, 2.05) is 18.2 Å². The molecule has 8 heteroatoms. The maximum absolute atomic E-state index is 12.2. The SMILES string of the molecule is CN(C)S(=O)(=O)c1cccc(C(=O)OCC(=O)Nc2ccc3c(c2)CCC3)c1. The monoisotopic (exact) mass is 402 g/mol. The second-order valence-corrected chi connectivity index (χ2v) is 8.93. The van der Waals surface area contributed by atoms with Gasteiger partial charge in [0.2, 0.25) is 10.0 Å². The van der Waals surface area contributed by atoms with E-state index in [0.717, 1.165) is 23.6 Å². The molecule has 0 unspecified atom stereocenters. The Morgan fingerprint density at radius 1 is 1.07 bits per heavy atom. The van der Waals surface area contributed by atoms with Crippen molar-refractivity contribution in [2.75, 3.05) is 26.0 Å². The van der Waals surface area contributed by atoms with Crippen molar-refractivity contribution in [3.63, 3.8) is 0 Å². The molecule has 2 aromatic rings. The van der Waals surface area contributed by atoms with Gasteiger partial charge in [0.1, 0.15) is 0 Å². The zero-order valence-electron chi connectivity index (χ0n) is 15.8. The summed E-state index contributed by atoms with van der Waals surface area (Å²) in [6.45, 7) is -0.458. The van der Waals surface area contributed by atoms with Gasteiger partial charge in [-0.3, -0.25) is 4.79 Å². The van der Waals surface area contributed by atoms with E-state index in [0.29, 0.717) is 5.69 Å². The van der Waals surface area contributed by atoms with Crippen molar-refractivity contribution >= 4 is 27.6 Å². The zero-order valence-corrected chi connectivity index (χ0v) is 16.6. The number of hydrogen-bond acceptors (Lipinski definition) is 5. The summed E-state index contributed by atoms with van der Waals surface area (Å²) in [6.07, 6.45) is 3.18. The molecule has 0 bridgehead atoms. The van der Waals surface area contributed by atoms with Gasteiger partial charge in [-0.2, -0.15) is 0 Å². The highest BCUT2D eigenvalue weighted by atomic mass is 32.2. The lowest BCUT2D eigenvalue weighted by Gasteiger charge is -2.12. The standard InChI is InChI=1S/C20H22N2O5S/c1-22(2)28(25,26)18-8-4-7-16(12-18)20(24)27-13-19(23)21-17-10-9-14-5-3-6-15(14)11-17/h4,7-12H,3,5-6,13H2,1-2H3,(H,21,23). The summed E-state index contributed by atoms with van der Waals surface area (Å²) < 4.78 is 30.4. The van der Waals surface area contributed by atoms with E-state index >= 15 is 0 Å². The highest BCUT2D eigenvalue weighted by Crippen LogP contribution is 2.24. The van der Waals surface area contributed by atoms with Crippen LogP contribution in [0.15, 0.2) is 47.4 Å². The summed E-state index contributed by atoms with van der Waals surface area (Å²) in [4.78, 5) is 24.2. The fraction of sp³-hybridized carbons (Fsp3) is 0.300. The van der Waals surface area contributed by atoms with Gasteiger partial charge in [-0.15, -0.1) is 0 Å². The maximum Gasteiger partial charge on any atom is 0.338 e. The highest BCUT2D eigenvalue weighted by molar-refractivity contribution is 7.89. The number of aryl methyl sites for hydroxylation is 2. The average Bonchev–Trinajstić information content (AvgIpc) is 3.14. The van der Waals surface area contributed by atoms with Crippen molar-refractivity contribution in [2.24, 2.45) is 0 Å². The van der Waals surface area contributed by atoms with Crippen molar-refractivity contribution in [1.82, 2.24) is 4.31 Å². The summed E-state index contributed by atoms with van der Waals surface area (Å²) in [5, 5.41) is 2.71. The second kappa shape index (κ2) is 8.12. The van der Waals surface area contributed by atoms with Crippen molar-refractivity contribution in [3.8, 4) is 0 Å². The van der Waals surface area contributed by atoms with E-state index in [-0.39, 0.29) is 10.5 Å². The largest absolute Gasteiger partial charge is 0.452 e. The molecule has 0 radical (unpaired) electrons. The van der Waals surface area contributed by atoms with Gasteiger partial charge in [0.25, 0.3) is 5.91 Å². The van der Waals surface area contributed by atoms with E-state index in [2.05, 4.69) is 5.32 Å². The van der Waals surface area contributed by atoms with Gasteiger partial charge in [-0.25, -0.2) is 17.5 Å². The van der Waals surface area contributed by atoms with Crippen LogP contribution in [0.4, 0.5) is 5.69 Å². The van der Waals surface area contributed by atoms with E-state index in [1.54, 1.807) is 0 Å². The molecule has 0 aromatic heterocycles. The summed E-state index contributed by atoms with van der Waals surface area (Å²) in [6, 6.07) is 11.3. The lowest BCUT2D eigenvalue weighted by molar-refractivity contribution is -0.119. The van der Waals surface area contributed by atoms with Crippen LogP contribution in [-0.2, 0) is 32.4 Å². The number of rotatable bonds is 6. The van der Waals surface area contributed by atoms with Gasteiger partial charge in [0, 0.05) is 19.8 Å². The molecule has 148 valence electrons. The number of sulfonamides is 1. The molecule has 2 aromatic carbocycles. The molecule has 0 spiro atoms. The summed E-state index contributed by atoms with van der Waals surface area (Å²) in [5.74, 6) is -1.22. The van der Waals surface area contributed by atoms with Crippen LogP contribution in [0.25, 0.3) is 0 Å². The van der Waals surface area contributed by atoms with Crippen molar-refractivity contribution in [3.05, 3.63) is 59.2 Å².